The van der Waals surface area contributed by atoms with E-state index < -0.39 is 0 Å². The third-order valence-electron chi connectivity index (χ3n) is 5.18. The normalized spacial score (nSPS) is 28.6. The first-order valence-electron chi connectivity index (χ1n) is 8.20. The molecule has 1 aromatic rings. The predicted octanol–water partition coefficient (Wildman–Crippen LogP) is 1.37. The van der Waals surface area contributed by atoms with Crippen LogP contribution in [0.4, 0.5) is 5.69 Å². The lowest BCUT2D eigenvalue weighted by atomic mass is 9.98. The van der Waals surface area contributed by atoms with Crippen molar-refractivity contribution in [1.29, 1.82) is 0 Å². The molecule has 3 aliphatic heterocycles. The number of benzene rings is 1. The van der Waals surface area contributed by atoms with E-state index >= 15 is 0 Å². The van der Waals surface area contributed by atoms with Crippen molar-refractivity contribution in [2.75, 3.05) is 19.0 Å². The van der Waals surface area contributed by atoms with Crippen molar-refractivity contribution in [2.45, 2.75) is 43.8 Å². The van der Waals surface area contributed by atoms with Crippen LogP contribution in [0.25, 0.3) is 0 Å². The Kier molecular flexibility index (Phi) is 3.49. The van der Waals surface area contributed by atoms with Crippen LogP contribution in [-0.2, 0) is 4.79 Å². The van der Waals surface area contributed by atoms with Gasteiger partial charge in [-0.25, -0.2) is 0 Å². The number of nitrogens with zero attached hydrogens (tertiary/aromatic N) is 1. The number of carbonyl (C=O) groups is 2. The Bertz CT molecular complexity index is 648. The van der Waals surface area contributed by atoms with Gasteiger partial charge in [-0.1, -0.05) is 0 Å². The highest BCUT2D eigenvalue weighted by Crippen LogP contribution is 2.32. The zero-order chi connectivity index (χ0) is 16.0. The summed E-state index contributed by atoms with van der Waals surface area (Å²) in [6, 6.07) is 6.60. The summed E-state index contributed by atoms with van der Waals surface area (Å²) in [4.78, 5) is 26.1. The van der Waals surface area contributed by atoms with E-state index in [0.29, 0.717) is 29.1 Å². The standard InChI is InChI=1S/C17H21N3O3/c1-20(13-7-11-3-4-12(8-13)18-11)17(22)10-2-5-15-14(6-10)19-16(21)9-23-15/h2,5-6,11-13,18H,3-4,7-9H2,1H3,(H,19,21). The summed E-state index contributed by atoms with van der Waals surface area (Å²) < 4.78 is 5.34. The second-order valence-corrected chi connectivity index (χ2v) is 6.73. The monoisotopic (exact) mass is 315 g/mol. The molecule has 4 rings (SSSR count). The number of piperidine rings is 1. The van der Waals surface area contributed by atoms with Crippen molar-refractivity contribution < 1.29 is 14.3 Å². The van der Waals surface area contributed by atoms with Gasteiger partial charge in [0.2, 0.25) is 0 Å². The van der Waals surface area contributed by atoms with Gasteiger partial charge in [-0.3, -0.25) is 9.59 Å². The molecule has 3 aliphatic rings. The Labute approximate surface area is 135 Å². The highest BCUT2D eigenvalue weighted by molar-refractivity contribution is 5.99. The molecule has 3 heterocycles. The summed E-state index contributed by atoms with van der Waals surface area (Å²) in [5.41, 5.74) is 1.16. The van der Waals surface area contributed by atoms with Crippen LogP contribution in [0.1, 0.15) is 36.0 Å². The third-order valence-corrected chi connectivity index (χ3v) is 5.18. The molecule has 2 unspecified atom stereocenters. The van der Waals surface area contributed by atoms with Crippen LogP contribution < -0.4 is 15.4 Å². The lowest BCUT2D eigenvalue weighted by molar-refractivity contribution is -0.118. The molecule has 0 spiro atoms. The smallest absolute Gasteiger partial charge is 0.262 e. The van der Waals surface area contributed by atoms with Gasteiger partial charge >= 0.3 is 0 Å². The van der Waals surface area contributed by atoms with Crippen LogP contribution in [0.5, 0.6) is 5.75 Å². The number of ether oxygens (including phenoxy) is 1. The maximum absolute atomic E-state index is 12.8. The number of nitrogens with one attached hydrogen (secondary N) is 2. The van der Waals surface area contributed by atoms with Gasteiger partial charge in [0.1, 0.15) is 5.75 Å². The molecule has 2 atom stereocenters. The Morgan fingerprint density at radius 1 is 1.26 bits per heavy atom. The average molecular weight is 315 g/mol. The Balaban J connectivity index is 1.52. The van der Waals surface area contributed by atoms with Gasteiger partial charge in [0.15, 0.2) is 6.61 Å². The number of hydrogen-bond acceptors (Lipinski definition) is 4. The van der Waals surface area contributed by atoms with E-state index in [0.717, 1.165) is 12.8 Å². The van der Waals surface area contributed by atoms with Crippen LogP contribution in [0.3, 0.4) is 0 Å². The topological polar surface area (TPSA) is 70.7 Å². The highest BCUT2D eigenvalue weighted by Gasteiger charge is 2.36. The van der Waals surface area contributed by atoms with Gasteiger partial charge in [-0.15, -0.1) is 0 Å². The SMILES string of the molecule is CN(C(=O)c1ccc2c(c1)NC(=O)CO2)C1CC2CCC(C1)N2. The first-order chi connectivity index (χ1) is 11.1. The maximum Gasteiger partial charge on any atom is 0.262 e. The van der Waals surface area contributed by atoms with E-state index in [1.54, 1.807) is 18.2 Å². The van der Waals surface area contributed by atoms with Crippen molar-refractivity contribution in [3.63, 3.8) is 0 Å². The Hall–Kier alpha value is -2.08. The zero-order valence-electron chi connectivity index (χ0n) is 13.2. The van der Waals surface area contributed by atoms with Crippen LogP contribution in [0.2, 0.25) is 0 Å². The fourth-order valence-corrected chi connectivity index (χ4v) is 3.93. The number of carbonyl (C=O) groups excluding carboxylic acids is 2. The summed E-state index contributed by atoms with van der Waals surface area (Å²) in [7, 11) is 1.88. The van der Waals surface area contributed by atoms with Gasteiger partial charge in [0, 0.05) is 30.7 Å². The van der Waals surface area contributed by atoms with Crippen LogP contribution in [0.15, 0.2) is 18.2 Å². The minimum atomic E-state index is -0.189. The third kappa shape index (κ3) is 2.67. The molecule has 2 fully saturated rings. The van der Waals surface area contributed by atoms with E-state index in [2.05, 4.69) is 10.6 Å². The minimum Gasteiger partial charge on any atom is -0.482 e. The Morgan fingerprint density at radius 2 is 2.00 bits per heavy atom. The highest BCUT2D eigenvalue weighted by atomic mass is 16.5. The van der Waals surface area contributed by atoms with Crippen molar-refractivity contribution >= 4 is 17.5 Å². The first-order valence-corrected chi connectivity index (χ1v) is 8.20. The van der Waals surface area contributed by atoms with Gasteiger partial charge in [0.25, 0.3) is 11.8 Å². The Morgan fingerprint density at radius 3 is 2.74 bits per heavy atom. The number of hydrogen-bond donors (Lipinski definition) is 2. The van der Waals surface area contributed by atoms with E-state index in [1.807, 2.05) is 11.9 Å². The van der Waals surface area contributed by atoms with E-state index in [1.165, 1.54) is 12.8 Å². The van der Waals surface area contributed by atoms with Crippen molar-refractivity contribution in [2.24, 2.45) is 0 Å². The average Bonchev–Trinajstić information content (AvgIpc) is 2.90. The molecule has 2 N–H and O–H groups in total. The summed E-state index contributed by atoms with van der Waals surface area (Å²) in [5, 5.41) is 6.35. The second-order valence-electron chi connectivity index (χ2n) is 6.73. The fraction of sp³-hybridized carbons (Fsp3) is 0.529. The van der Waals surface area contributed by atoms with Crippen LogP contribution >= 0.6 is 0 Å². The molecule has 0 aromatic heterocycles. The number of fused-ring (bicyclic) bond motifs is 3. The zero-order valence-corrected chi connectivity index (χ0v) is 13.2. The molecule has 6 heteroatoms. The van der Waals surface area contributed by atoms with E-state index in [4.69, 9.17) is 4.74 Å². The van der Waals surface area contributed by atoms with E-state index in [9.17, 15) is 9.59 Å². The first kappa shape index (κ1) is 14.5. The quantitative estimate of drug-likeness (QED) is 0.865. The molecular formula is C17H21N3O3. The fourth-order valence-electron chi connectivity index (χ4n) is 3.93. The summed E-state index contributed by atoms with van der Waals surface area (Å²) in [5.74, 6) is 0.424. The molecule has 0 aliphatic carbocycles. The van der Waals surface area contributed by atoms with Crippen molar-refractivity contribution in [3.8, 4) is 5.75 Å². The largest absolute Gasteiger partial charge is 0.482 e. The summed E-state index contributed by atoms with van der Waals surface area (Å²) in [6.07, 6.45) is 4.46. The molecule has 1 aromatic carbocycles. The lowest BCUT2D eigenvalue weighted by Crippen LogP contribution is -2.48. The molecule has 2 bridgehead atoms. The molecule has 122 valence electrons. The molecule has 23 heavy (non-hydrogen) atoms. The van der Waals surface area contributed by atoms with E-state index in [-0.39, 0.29) is 24.5 Å². The van der Waals surface area contributed by atoms with Gasteiger partial charge in [0.05, 0.1) is 5.69 Å². The van der Waals surface area contributed by atoms with Crippen molar-refractivity contribution in [3.05, 3.63) is 23.8 Å². The molecule has 0 radical (unpaired) electrons. The van der Waals surface area contributed by atoms with Crippen LogP contribution in [-0.4, -0.2) is 48.5 Å². The summed E-state index contributed by atoms with van der Waals surface area (Å²) >= 11 is 0. The summed E-state index contributed by atoms with van der Waals surface area (Å²) in [6.45, 7) is 0.0258. The minimum absolute atomic E-state index is 0.000998. The number of rotatable bonds is 2. The predicted molar refractivity (Wildman–Crippen MR) is 85.6 cm³/mol. The second kappa shape index (κ2) is 5.53. The molecule has 0 saturated carbocycles. The maximum atomic E-state index is 12.8. The van der Waals surface area contributed by atoms with Gasteiger partial charge < -0.3 is 20.3 Å². The molecule has 2 amide bonds. The van der Waals surface area contributed by atoms with Gasteiger partial charge in [-0.2, -0.15) is 0 Å². The van der Waals surface area contributed by atoms with Crippen molar-refractivity contribution in [1.82, 2.24) is 10.2 Å². The molecule has 2 saturated heterocycles. The number of amides is 2. The van der Waals surface area contributed by atoms with Crippen LogP contribution in [0, 0.1) is 0 Å². The molecular weight excluding hydrogens is 294 g/mol. The lowest BCUT2D eigenvalue weighted by Gasteiger charge is -2.35. The number of anilines is 1. The molecule has 6 nitrogen and oxygen atoms in total. The van der Waals surface area contributed by atoms with Gasteiger partial charge in [-0.05, 0) is 43.9 Å².